The van der Waals surface area contributed by atoms with Crippen LogP contribution in [0.5, 0.6) is 0 Å². The Kier molecular flexibility index (Phi) is 4.26. The summed E-state index contributed by atoms with van der Waals surface area (Å²) >= 11 is 11.6. The summed E-state index contributed by atoms with van der Waals surface area (Å²) in [6.07, 6.45) is -3.46. The minimum Gasteiger partial charge on any atom is -0.462 e. The molecule has 0 aromatic rings. The lowest BCUT2D eigenvalue weighted by Gasteiger charge is -2.27. The molecule has 3 rings (SSSR count). The van der Waals surface area contributed by atoms with Crippen molar-refractivity contribution in [1.82, 2.24) is 0 Å². The predicted molar refractivity (Wildman–Crippen MR) is 69.9 cm³/mol. The number of carbonyl (C=O) groups excluding carboxylic acids is 2. The SMILES string of the molecule is CC(=O)OC[C@@H](OC(C)=O)[C@H]1O[C@H]2OC3(C(Cl)Cl)O[C@@H]1[C@@H]2O3. The average Bonchev–Trinajstić information content (AvgIpc) is 3.00. The second-order valence-corrected chi connectivity index (χ2v) is 6.20. The maximum absolute atomic E-state index is 11.2. The molecule has 0 aromatic carbocycles. The average molecular weight is 357 g/mol. The molecule has 10 heteroatoms. The van der Waals surface area contributed by atoms with E-state index in [0.717, 1.165) is 0 Å². The third-order valence-electron chi connectivity index (χ3n) is 3.49. The normalized spacial score (nSPS) is 40.0. The van der Waals surface area contributed by atoms with E-state index in [-0.39, 0.29) is 6.61 Å². The molecule has 2 bridgehead atoms. The molecule has 3 fully saturated rings. The number of ether oxygens (including phenoxy) is 6. The van der Waals surface area contributed by atoms with E-state index in [4.69, 9.17) is 51.6 Å². The van der Waals surface area contributed by atoms with Gasteiger partial charge in [-0.25, -0.2) is 0 Å². The van der Waals surface area contributed by atoms with Gasteiger partial charge >= 0.3 is 17.9 Å². The highest BCUT2D eigenvalue weighted by Gasteiger charge is 2.71. The quantitative estimate of drug-likeness (QED) is 0.519. The van der Waals surface area contributed by atoms with Gasteiger partial charge in [-0.05, 0) is 0 Å². The summed E-state index contributed by atoms with van der Waals surface area (Å²) in [5, 5.41) is 0. The van der Waals surface area contributed by atoms with E-state index in [2.05, 4.69) is 0 Å². The van der Waals surface area contributed by atoms with Gasteiger partial charge < -0.3 is 23.7 Å². The van der Waals surface area contributed by atoms with Crippen LogP contribution in [-0.2, 0) is 38.0 Å². The van der Waals surface area contributed by atoms with E-state index in [1.807, 2.05) is 0 Å². The van der Waals surface area contributed by atoms with E-state index in [9.17, 15) is 9.59 Å². The fraction of sp³-hybridized carbons (Fsp3) is 0.833. The van der Waals surface area contributed by atoms with E-state index < -0.39 is 53.5 Å². The lowest BCUT2D eigenvalue weighted by molar-refractivity contribution is -0.313. The molecule has 3 aliphatic heterocycles. The van der Waals surface area contributed by atoms with E-state index in [0.29, 0.717) is 0 Å². The lowest BCUT2D eigenvalue weighted by Crippen LogP contribution is -2.46. The smallest absolute Gasteiger partial charge is 0.318 e. The first kappa shape index (κ1) is 16.2. The largest absolute Gasteiger partial charge is 0.462 e. The molecular formula is C12H14Cl2O8. The Morgan fingerprint density at radius 3 is 2.32 bits per heavy atom. The fourth-order valence-corrected chi connectivity index (χ4v) is 3.00. The molecule has 22 heavy (non-hydrogen) atoms. The van der Waals surface area contributed by atoms with Crippen LogP contribution in [0.4, 0.5) is 0 Å². The molecule has 0 amide bonds. The zero-order valence-electron chi connectivity index (χ0n) is 11.7. The fourth-order valence-electron chi connectivity index (χ4n) is 2.69. The molecule has 0 spiro atoms. The summed E-state index contributed by atoms with van der Waals surface area (Å²) in [5.74, 6) is -2.63. The molecule has 0 N–H and O–H groups in total. The topological polar surface area (TPSA) is 89.5 Å². The van der Waals surface area contributed by atoms with Crippen molar-refractivity contribution in [1.29, 1.82) is 0 Å². The van der Waals surface area contributed by atoms with Crippen molar-refractivity contribution in [2.24, 2.45) is 0 Å². The van der Waals surface area contributed by atoms with Crippen LogP contribution in [0.2, 0.25) is 0 Å². The molecule has 6 atom stereocenters. The molecule has 3 saturated heterocycles. The standard InChI is InChI=1S/C12H14Cl2O8/c1-4(15)17-3-6(18-5(2)16)7-8-9-10(19-7)22-12(20-8,21-9)11(13)14/h6-11H,3H2,1-2H3/t6-,7-,8+,9+,10+,12?/m1/s1. The molecule has 3 heterocycles. The highest BCUT2D eigenvalue weighted by atomic mass is 35.5. The number of carbonyl (C=O) groups is 2. The highest BCUT2D eigenvalue weighted by molar-refractivity contribution is 6.44. The van der Waals surface area contributed by atoms with Gasteiger partial charge in [0.1, 0.15) is 24.9 Å². The Labute approximate surface area is 135 Å². The van der Waals surface area contributed by atoms with Crippen LogP contribution in [-0.4, -0.2) is 60.1 Å². The van der Waals surface area contributed by atoms with Crippen molar-refractivity contribution < 1.29 is 38.0 Å². The van der Waals surface area contributed by atoms with Crippen molar-refractivity contribution in [3.8, 4) is 0 Å². The number of rotatable bonds is 5. The van der Waals surface area contributed by atoms with Gasteiger partial charge in [-0.1, -0.05) is 23.2 Å². The molecule has 0 saturated carbocycles. The summed E-state index contributed by atoms with van der Waals surface area (Å²) in [7, 11) is 0. The van der Waals surface area contributed by atoms with Gasteiger partial charge in [0.2, 0.25) is 0 Å². The predicted octanol–water partition coefficient (Wildman–Crippen LogP) is 0.478. The number of alkyl halides is 2. The van der Waals surface area contributed by atoms with Crippen molar-refractivity contribution in [3.05, 3.63) is 0 Å². The highest BCUT2D eigenvalue weighted by Crippen LogP contribution is 2.52. The Hall–Kier alpha value is -0.640. The molecule has 0 radical (unpaired) electrons. The Morgan fingerprint density at radius 1 is 1.14 bits per heavy atom. The zero-order valence-corrected chi connectivity index (χ0v) is 13.2. The van der Waals surface area contributed by atoms with E-state index in [1.54, 1.807) is 0 Å². The van der Waals surface area contributed by atoms with Gasteiger partial charge in [-0.15, -0.1) is 0 Å². The first-order valence-electron chi connectivity index (χ1n) is 6.60. The van der Waals surface area contributed by atoms with Crippen molar-refractivity contribution in [2.75, 3.05) is 6.61 Å². The van der Waals surface area contributed by atoms with Gasteiger partial charge in [0, 0.05) is 13.8 Å². The Balaban J connectivity index is 1.74. The third-order valence-corrected chi connectivity index (χ3v) is 4.02. The minimum atomic E-state index is -1.58. The summed E-state index contributed by atoms with van der Waals surface area (Å²) in [6.45, 7) is 2.32. The van der Waals surface area contributed by atoms with E-state index in [1.165, 1.54) is 13.8 Å². The minimum absolute atomic E-state index is 0.170. The molecule has 1 unspecified atom stereocenters. The van der Waals surface area contributed by atoms with Crippen LogP contribution in [0.1, 0.15) is 13.8 Å². The number of hydrogen-bond donors (Lipinski definition) is 0. The molecule has 3 aliphatic rings. The van der Waals surface area contributed by atoms with Crippen LogP contribution in [0.25, 0.3) is 0 Å². The van der Waals surface area contributed by atoms with Crippen molar-refractivity contribution in [3.63, 3.8) is 0 Å². The van der Waals surface area contributed by atoms with Crippen molar-refractivity contribution >= 4 is 35.1 Å². The van der Waals surface area contributed by atoms with Gasteiger partial charge in [0.25, 0.3) is 0 Å². The van der Waals surface area contributed by atoms with Gasteiger partial charge in [-0.3, -0.25) is 14.3 Å². The third kappa shape index (κ3) is 2.68. The van der Waals surface area contributed by atoms with E-state index >= 15 is 0 Å². The van der Waals surface area contributed by atoms with Crippen LogP contribution >= 0.6 is 23.2 Å². The second kappa shape index (κ2) is 5.77. The number of fused-ring (bicyclic) bond motifs is 1. The molecule has 124 valence electrons. The van der Waals surface area contributed by atoms with Crippen LogP contribution in [0.15, 0.2) is 0 Å². The maximum atomic E-state index is 11.2. The summed E-state index contributed by atoms with van der Waals surface area (Å²) in [5.41, 5.74) is 0. The van der Waals surface area contributed by atoms with Crippen LogP contribution in [0, 0.1) is 0 Å². The molecule has 8 nitrogen and oxygen atoms in total. The summed E-state index contributed by atoms with van der Waals surface area (Å²) in [6, 6.07) is 0. The molecule has 0 aliphatic carbocycles. The van der Waals surface area contributed by atoms with Gasteiger partial charge in [0.05, 0.1) is 0 Å². The first-order chi connectivity index (χ1) is 10.3. The maximum Gasteiger partial charge on any atom is 0.318 e. The van der Waals surface area contributed by atoms with Gasteiger partial charge in [0.15, 0.2) is 17.2 Å². The number of halogens is 2. The summed E-state index contributed by atoms with van der Waals surface area (Å²) in [4.78, 5) is 21.1. The Morgan fingerprint density at radius 2 is 1.82 bits per heavy atom. The zero-order chi connectivity index (χ0) is 16.1. The molecule has 0 aromatic heterocycles. The van der Waals surface area contributed by atoms with Crippen LogP contribution in [0.3, 0.4) is 0 Å². The van der Waals surface area contributed by atoms with Crippen LogP contribution < -0.4 is 0 Å². The first-order valence-corrected chi connectivity index (χ1v) is 7.47. The Bertz CT molecular complexity index is 482. The van der Waals surface area contributed by atoms with Crippen molar-refractivity contribution in [2.45, 2.75) is 55.4 Å². The molecular weight excluding hydrogens is 343 g/mol. The number of esters is 2. The van der Waals surface area contributed by atoms with Gasteiger partial charge in [-0.2, -0.15) is 0 Å². The monoisotopic (exact) mass is 356 g/mol. The number of hydrogen-bond acceptors (Lipinski definition) is 8. The summed E-state index contributed by atoms with van der Waals surface area (Å²) < 4.78 is 32.3. The lowest BCUT2D eigenvalue weighted by atomic mass is 10.1. The second-order valence-electron chi connectivity index (χ2n) is 5.11.